The van der Waals surface area contributed by atoms with E-state index >= 15 is 0 Å². The molecule has 62 heteroatoms. The van der Waals surface area contributed by atoms with E-state index in [9.17, 15) is 206 Å². The first-order valence-corrected chi connectivity index (χ1v) is 44.8. The van der Waals surface area contributed by atoms with Gasteiger partial charge in [0.15, 0.2) is 174 Å². The second-order valence-electron chi connectivity index (χ2n) is 21.7. The lowest BCUT2D eigenvalue weighted by atomic mass is 10.1. The summed E-state index contributed by atoms with van der Waals surface area (Å²) in [7, 11) is -25.6. The molecule has 0 spiro atoms. The van der Waals surface area contributed by atoms with Gasteiger partial charge in [0.1, 0.15) is 16.7 Å². The summed E-state index contributed by atoms with van der Waals surface area (Å²) in [4.78, 5) is 0. The summed E-state index contributed by atoms with van der Waals surface area (Å²) in [5.41, 5.74) is -14.5. The van der Waals surface area contributed by atoms with Crippen LogP contribution in [0.4, 0.5) is 206 Å². The minimum absolute atomic E-state index is 0.601. The Balaban J connectivity index is 0.000000398. The maximum Gasteiger partial charge on any atom is 0.422 e. The van der Waals surface area contributed by atoms with E-state index in [-0.39, 0.29) is 0 Å². The molecule has 0 N–H and O–H groups in total. The fourth-order valence-electron chi connectivity index (χ4n) is 9.32. The minimum atomic E-state index is -6.19. The van der Waals surface area contributed by atoms with E-state index in [0.29, 0.717) is 0 Å². The summed E-state index contributed by atoms with van der Waals surface area (Å²) in [5, 5.41) is -14.0. The molecule has 0 bridgehead atoms. The summed E-state index contributed by atoms with van der Waals surface area (Å²) >= 11 is 27.8. The van der Waals surface area contributed by atoms with E-state index in [1.165, 1.54) is 0 Å². The topological polar surface area (TPSA) is 46.2 Å². The Hall–Kier alpha value is -6.94. The number of hydrogen-bond acceptors (Lipinski definition) is 5. The molecule has 0 aliphatic heterocycles. The summed E-state index contributed by atoms with van der Waals surface area (Å²) in [5.74, 6) is -84.6. The Morgan fingerprint density at radius 3 is 0.521 bits per heavy atom. The predicted octanol–water partition coefficient (Wildman–Crippen LogP) is 20.9. The molecule has 7 aromatic rings. The van der Waals surface area contributed by atoms with E-state index in [1.54, 1.807) is 0 Å². The quantitative estimate of drug-likeness (QED) is 0.0282. The minimum Gasteiger partial charge on any atom is -0.403 e. The van der Waals surface area contributed by atoms with Crippen LogP contribution in [0.2, 0.25) is 6.55 Å². The first-order chi connectivity index (χ1) is 54.9. The molecule has 0 aromatic heterocycles. The van der Waals surface area contributed by atoms with Gasteiger partial charge in [-0.2, -0.15) is 57.1 Å². The zero-order chi connectivity index (χ0) is 94.9. The second-order valence-corrected chi connectivity index (χ2v) is 42.8. The molecule has 121 heavy (non-hydrogen) atoms. The third-order valence-corrected chi connectivity index (χ3v) is 34.1. The van der Waals surface area contributed by atoms with Gasteiger partial charge in [-0.15, -0.1) is 55.4 Å². The highest BCUT2D eigenvalue weighted by Gasteiger charge is 2.59. The van der Waals surface area contributed by atoms with E-state index in [0.717, 1.165) is 41.4 Å². The molecule has 3 atom stereocenters. The molecule has 0 heterocycles. The van der Waals surface area contributed by atoms with Crippen molar-refractivity contribution < 1.29 is 228 Å². The first-order valence-electron chi connectivity index (χ1n) is 29.7. The standard InChI is InChI=1S/C16H5ClF14OSi.C14H5ClF10OSi.C11H5ClF10OSi.C10H5ClF8OSi.C8H6ClF5OSi/c1-2-32-33(17,13-9(22)5(18)3(15(26,27)28)6(19)10(13)23)14-11(24)7(20)4(16(29,30)31)8(21)12(14)25;1-2-26-27(15,13-9(22)5(18)3(16)6(19)10(13)23)14-11(24)7(20)4(17)8(21)12(14)25;1-2-23-24(12,10(19)9(17)18)8-6(15)4(13)3(11(20,21)22)5(14)7(8)16;1-2-20-21(11,10(19)9(17)18)8-6(15)4(13)3(12)5(14)7(8)16;1-15-16(2,9)8-6(13)4(11)3(10)5(12)7(8)14/h2H2,1H3;2H2,1H3;2H2,1H3;2H2,1H3;1-2H3. The number of hydrogen-bond donors (Lipinski definition) is 0. The third kappa shape index (κ3) is 20.6. The average molecular weight is 2030 g/mol. The first kappa shape index (κ1) is 108. The van der Waals surface area contributed by atoms with Crippen LogP contribution in [0.3, 0.4) is 0 Å². The molecule has 3 unspecified atom stereocenters. The van der Waals surface area contributed by atoms with Crippen LogP contribution in [0.5, 0.6) is 0 Å². The fourth-order valence-corrected chi connectivity index (χ4v) is 24.6. The highest BCUT2D eigenvalue weighted by atomic mass is 35.6. The van der Waals surface area contributed by atoms with Gasteiger partial charge >= 0.3 is 68.8 Å². The fraction of sp³-hybridized carbons (Fsp3) is 0.220. The lowest BCUT2D eigenvalue weighted by Crippen LogP contribution is -2.62. The van der Waals surface area contributed by atoms with Crippen molar-refractivity contribution in [1.29, 1.82) is 0 Å². The summed E-state index contributed by atoms with van der Waals surface area (Å²) in [6, 6.07) is 0. The molecule has 0 aliphatic carbocycles. The van der Waals surface area contributed by atoms with Gasteiger partial charge in [-0.05, 0) is 34.2 Å². The maximum absolute atomic E-state index is 14.4. The zero-order valence-corrected chi connectivity index (χ0v) is 66.3. The van der Waals surface area contributed by atoms with Crippen molar-refractivity contribution in [2.24, 2.45) is 0 Å². The van der Waals surface area contributed by atoms with Crippen molar-refractivity contribution in [3.05, 3.63) is 226 Å². The summed E-state index contributed by atoms with van der Waals surface area (Å²) in [6.07, 6.45) is -24.2. The molecule has 0 amide bonds. The van der Waals surface area contributed by atoms with Crippen LogP contribution in [-0.4, -0.2) is 71.7 Å². The van der Waals surface area contributed by atoms with Crippen molar-refractivity contribution in [2.75, 3.05) is 33.5 Å². The third-order valence-electron chi connectivity index (χ3n) is 14.5. The van der Waals surface area contributed by atoms with E-state index in [4.69, 9.17) is 55.4 Å². The van der Waals surface area contributed by atoms with Crippen LogP contribution >= 0.6 is 55.4 Å². The van der Waals surface area contributed by atoms with Crippen LogP contribution in [-0.2, 0) is 40.7 Å². The van der Waals surface area contributed by atoms with Crippen molar-refractivity contribution in [3.63, 3.8) is 0 Å². The average Bonchev–Trinajstić information content (AvgIpc) is 0.734. The van der Waals surface area contributed by atoms with Crippen LogP contribution in [0.15, 0.2) is 23.1 Å². The van der Waals surface area contributed by atoms with Crippen molar-refractivity contribution in [1.82, 2.24) is 0 Å². The lowest BCUT2D eigenvalue weighted by Gasteiger charge is -2.28. The largest absolute Gasteiger partial charge is 0.422 e. The molecular formula is C59H26Cl5F47O5Si5. The van der Waals surface area contributed by atoms with Crippen molar-refractivity contribution >= 4 is 130 Å². The van der Waals surface area contributed by atoms with Gasteiger partial charge in [0.05, 0.1) is 36.3 Å². The van der Waals surface area contributed by atoms with Crippen LogP contribution < -0.4 is 36.3 Å². The number of halogens is 52. The van der Waals surface area contributed by atoms with Gasteiger partial charge in [-0.3, -0.25) is 0 Å². The van der Waals surface area contributed by atoms with Crippen molar-refractivity contribution in [3.8, 4) is 0 Å². The highest BCUT2D eigenvalue weighted by Crippen LogP contribution is 2.42. The molecule has 0 aliphatic rings. The van der Waals surface area contributed by atoms with Gasteiger partial charge < -0.3 is 22.1 Å². The number of alkyl halides is 9. The Morgan fingerprint density at radius 1 is 0.231 bits per heavy atom. The second kappa shape index (κ2) is 40.1. The van der Waals surface area contributed by atoms with Gasteiger partial charge in [-0.1, -0.05) is 0 Å². The van der Waals surface area contributed by atoms with Gasteiger partial charge in [0.25, 0.3) is 0 Å². The Morgan fingerprint density at radius 2 is 0.372 bits per heavy atom. The molecule has 5 nitrogen and oxygen atoms in total. The SMILES string of the molecule is CCO[Si](Cl)(C(F)=C(F)F)c1c(F)c(F)c(C(F)(F)F)c(F)c1F.CCO[Si](Cl)(C(F)=C(F)F)c1c(F)c(F)c(F)c(F)c1F.CCO[Si](Cl)(c1c(F)c(F)c(C(F)(F)F)c(F)c1F)c1c(F)c(F)c(C(F)(F)F)c(F)c1F.CCO[Si](Cl)(c1c(F)c(F)c(F)c(F)c1F)c1c(F)c(F)c(F)c(F)c1F.CO[Si](C)(Cl)c1c(F)c(F)c(F)c(F)c1F. The highest BCUT2D eigenvalue weighted by molar-refractivity contribution is 7.31. The van der Waals surface area contributed by atoms with Crippen molar-refractivity contribution in [2.45, 2.75) is 52.8 Å². The normalized spacial score (nSPS) is 13.5. The summed E-state index contributed by atoms with van der Waals surface area (Å²) < 4.78 is 649. The Bertz CT molecular complexity index is 4850. The smallest absolute Gasteiger partial charge is 0.403 e. The number of benzene rings is 7. The van der Waals surface area contributed by atoms with E-state index < -0.39 is 345 Å². The molecule has 676 valence electrons. The van der Waals surface area contributed by atoms with Crippen LogP contribution in [0.25, 0.3) is 0 Å². The molecule has 0 radical (unpaired) electrons. The van der Waals surface area contributed by atoms with E-state index in [1.807, 2.05) is 0 Å². The molecule has 0 saturated heterocycles. The maximum atomic E-state index is 14.4. The lowest BCUT2D eigenvalue weighted by molar-refractivity contribution is -0.144. The molecule has 0 saturated carbocycles. The Kier molecular flexibility index (Phi) is 35.9. The van der Waals surface area contributed by atoms with Gasteiger partial charge in [0.2, 0.25) is 23.3 Å². The molecule has 7 aromatic carbocycles. The molecule has 7 rings (SSSR count). The van der Waals surface area contributed by atoms with Gasteiger partial charge in [-0.25, -0.2) is 149 Å². The predicted molar refractivity (Wildman–Crippen MR) is 334 cm³/mol. The van der Waals surface area contributed by atoms with Gasteiger partial charge in [0, 0.05) is 33.5 Å². The molecular weight excluding hydrogens is 2000 g/mol. The van der Waals surface area contributed by atoms with Crippen LogP contribution in [0, 0.1) is 186 Å². The molecule has 0 fully saturated rings. The monoisotopic (exact) mass is 2020 g/mol. The Labute approximate surface area is 668 Å². The summed E-state index contributed by atoms with van der Waals surface area (Å²) in [6.45, 7) is 2.06. The van der Waals surface area contributed by atoms with E-state index in [2.05, 4.69) is 22.1 Å². The number of rotatable bonds is 18. The van der Waals surface area contributed by atoms with Crippen LogP contribution in [0.1, 0.15) is 44.4 Å². The zero-order valence-electron chi connectivity index (χ0n) is 57.5.